The maximum Gasteiger partial charge on any atom is 0.410 e. The molecule has 1 amide bonds. The van der Waals surface area contributed by atoms with E-state index >= 15 is 0 Å². The summed E-state index contributed by atoms with van der Waals surface area (Å²) < 4.78 is 16.0. The predicted molar refractivity (Wildman–Crippen MR) is 127 cm³/mol. The summed E-state index contributed by atoms with van der Waals surface area (Å²) in [4.78, 5) is 18.0. The Morgan fingerprint density at radius 1 is 1.14 bits per heavy atom. The zero-order valence-corrected chi connectivity index (χ0v) is 20.8. The molecule has 0 bridgehead atoms. The van der Waals surface area contributed by atoms with Gasteiger partial charge >= 0.3 is 6.09 Å². The highest BCUT2D eigenvalue weighted by Gasteiger charge is 2.20. The minimum absolute atomic E-state index is 0. The summed E-state index contributed by atoms with van der Waals surface area (Å²) >= 11 is 0. The van der Waals surface area contributed by atoms with Gasteiger partial charge in [0, 0.05) is 33.2 Å². The summed E-state index contributed by atoms with van der Waals surface area (Å²) in [5.74, 6) is 2.02. The second-order valence-corrected chi connectivity index (χ2v) is 7.10. The van der Waals surface area contributed by atoms with Crippen molar-refractivity contribution in [2.24, 2.45) is 4.99 Å². The number of carbonyl (C=O) groups excluding carboxylic acids is 1. The van der Waals surface area contributed by atoms with Crippen LogP contribution in [-0.2, 0) is 11.3 Å². The summed E-state index contributed by atoms with van der Waals surface area (Å²) in [5, 5.41) is 6.45. The summed E-state index contributed by atoms with van der Waals surface area (Å²) in [6, 6.07) is 5.75. The molecule has 1 aromatic carbocycles. The fraction of sp³-hybridized carbons (Fsp3) is 0.600. The monoisotopic (exact) mass is 522 g/mol. The van der Waals surface area contributed by atoms with Gasteiger partial charge in [-0.05, 0) is 45.4 Å². The summed E-state index contributed by atoms with van der Waals surface area (Å²) in [7, 11) is 4.92. The molecule has 0 aliphatic heterocycles. The average molecular weight is 522 g/mol. The number of hydrogen-bond donors (Lipinski definition) is 2. The van der Waals surface area contributed by atoms with Crippen molar-refractivity contribution in [1.29, 1.82) is 0 Å². The minimum atomic E-state index is -0.505. The lowest BCUT2D eigenvalue weighted by Crippen LogP contribution is -2.44. The first-order valence-electron chi connectivity index (χ1n) is 9.37. The SMILES string of the molecule is CCN(CCNC(=NC)NCc1ccc(OC)c(OC)c1)C(=O)OC(C)(C)C.I. The van der Waals surface area contributed by atoms with Gasteiger partial charge in [0.25, 0.3) is 0 Å². The topological polar surface area (TPSA) is 84.4 Å². The number of ether oxygens (including phenoxy) is 3. The van der Waals surface area contributed by atoms with Gasteiger partial charge in [0.15, 0.2) is 17.5 Å². The third-order valence-corrected chi connectivity index (χ3v) is 3.84. The normalized spacial score (nSPS) is 11.2. The van der Waals surface area contributed by atoms with E-state index in [4.69, 9.17) is 14.2 Å². The summed E-state index contributed by atoms with van der Waals surface area (Å²) in [6.45, 7) is 9.72. The fourth-order valence-corrected chi connectivity index (χ4v) is 2.41. The number of amides is 1. The number of rotatable bonds is 8. The van der Waals surface area contributed by atoms with Gasteiger partial charge in [-0.1, -0.05) is 6.07 Å². The molecule has 0 aromatic heterocycles. The Bertz CT molecular complexity index is 662. The van der Waals surface area contributed by atoms with Gasteiger partial charge in [-0.15, -0.1) is 24.0 Å². The van der Waals surface area contributed by atoms with Gasteiger partial charge in [-0.25, -0.2) is 4.79 Å². The largest absolute Gasteiger partial charge is 0.493 e. The standard InChI is InChI=1S/C20H34N4O4.HI/c1-8-24(19(25)28-20(2,3)4)12-11-22-18(21-5)23-14-15-9-10-16(26-6)17(13-15)27-7;/h9-10,13H,8,11-12,14H2,1-7H3,(H2,21,22,23);1H. The van der Waals surface area contributed by atoms with Crippen LogP contribution in [0.15, 0.2) is 23.2 Å². The molecule has 29 heavy (non-hydrogen) atoms. The predicted octanol–water partition coefficient (Wildman–Crippen LogP) is 3.24. The maximum absolute atomic E-state index is 12.2. The molecular formula is C20H35IN4O4. The van der Waals surface area contributed by atoms with E-state index in [1.165, 1.54) is 0 Å². The zero-order valence-electron chi connectivity index (χ0n) is 18.5. The number of halogens is 1. The molecule has 9 heteroatoms. The van der Waals surface area contributed by atoms with Gasteiger partial charge < -0.3 is 29.7 Å². The first-order valence-corrected chi connectivity index (χ1v) is 9.37. The number of carbonyl (C=O) groups is 1. The highest BCUT2D eigenvalue weighted by Crippen LogP contribution is 2.27. The quantitative estimate of drug-likeness (QED) is 0.310. The Kier molecular flexibility index (Phi) is 12.5. The van der Waals surface area contributed by atoms with E-state index in [9.17, 15) is 4.79 Å². The molecule has 8 nitrogen and oxygen atoms in total. The lowest BCUT2D eigenvalue weighted by molar-refractivity contribution is 0.0264. The van der Waals surface area contributed by atoms with Crippen molar-refractivity contribution in [1.82, 2.24) is 15.5 Å². The molecule has 0 heterocycles. The van der Waals surface area contributed by atoms with E-state index in [-0.39, 0.29) is 30.1 Å². The highest BCUT2D eigenvalue weighted by atomic mass is 127. The number of aliphatic imine (C=N–C) groups is 1. The average Bonchev–Trinajstić information content (AvgIpc) is 2.65. The van der Waals surface area contributed by atoms with Crippen LogP contribution in [-0.4, -0.2) is 63.5 Å². The smallest absolute Gasteiger partial charge is 0.410 e. The first-order chi connectivity index (χ1) is 13.2. The van der Waals surface area contributed by atoms with Gasteiger partial charge in [0.1, 0.15) is 5.60 Å². The van der Waals surface area contributed by atoms with Crippen LogP contribution in [0.4, 0.5) is 4.79 Å². The van der Waals surface area contributed by atoms with E-state index in [1.807, 2.05) is 45.9 Å². The second-order valence-electron chi connectivity index (χ2n) is 7.10. The Hall–Kier alpha value is -1.91. The van der Waals surface area contributed by atoms with Crippen LogP contribution in [0.2, 0.25) is 0 Å². The van der Waals surface area contributed by atoms with Crippen LogP contribution in [0.5, 0.6) is 11.5 Å². The van der Waals surface area contributed by atoms with E-state index in [0.717, 1.165) is 5.56 Å². The van der Waals surface area contributed by atoms with Crippen LogP contribution in [0, 0.1) is 0 Å². The first kappa shape index (κ1) is 27.1. The molecular weight excluding hydrogens is 487 g/mol. The van der Waals surface area contributed by atoms with Crippen LogP contribution in [0.1, 0.15) is 33.3 Å². The van der Waals surface area contributed by atoms with Crippen molar-refractivity contribution in [3.8, 4) is 11.5 Å². The molecule has 1 aromatic rings. The number of nitrogens with one attached hydrogen (secondary N) is 2. The molecule has 0 unspecified atom stereocenters. The molecule has 1 rings (SSSR count). The van der Waals surface area contributed by atoms with Gasteiger partial charge in [-0.3, -0.25) is 4.99 Å². The van der Waals surface area contributed by atoms with Gasteiger partial charge in [0.2, 0.25) is 0 Å². The van der Waals surface area contributed by atoms with Crippen molar-refractivity contribution in [2.45, 2.75) is 39.8 Å². The van der Waals surface area contributed by atoms with Gasteiger partial charge in [-0.2, -0.15) is 0 Å². The zero-order chi connectivity index (χ0) is 21.2. The second kappa shape index (κ2) is 13.3. The molecule has 2 N–H and O–H groups in total. The van der Waals surface area contributed by atoms with Crippen LogP contribution in [0.25, 0.3) is 0 Å². The number of nitrogens with zero attached hydrogens (tertiary/aromatic N) is 2. The lowest BCUT2D eigenvalue weighted by Gasteiger charge is -2.26. The summed E-state index contributed by atoms with van der Waals surface area (Å²) in [5.41, 5.74) is 0.527. The van der Waals surface area contributed by atoms with E-state index in [1.54, 1.807) is 26.2 Å². The number of methoxy groups -OCH3 is 2. The number of hydrogen-bond acceptors (Lipinski definition) is 5. The molecule has 0 saturated carbocycles. The Morgan fingerprint density at radius 3 is 2.31 bits per heavy atom. The van der Waals surface area contributed by atoms with Crippen molar-refractivity contribution in [2.75, 3.05) is 40.9 Å². The Labute approximate surface area is 191 Å². The van der Waals surface area contributed by atoms with Crippen LogP contribution < -0.4 is 20.1 Å². The van der Waals surface area contributed by atoms with E-state index in [0.29, 0.717) is 43.6 Å². The molecule has 0 atom stereocenters. The van der Waals surface area contributed by atoms with Crippen molar-refractivity contribution >= 4 is 36.0 Å². The molecule has 0 radical (unpaired) electrons. The number of likely N-dealkylation sites (N-methyl/N-ethyl adjacent to an activating group) is 1. The minimum Gasteiger partial charge on any atom is -0.493 e. The molecule has 0 spiro atoms. The van der Waals surface area contributed by atoms with E-state index in [2.05, 4.69) is 15.6 Å². The molecule has 166 valence electrons. The maximum atomic E-state index is 12.2. The molecule has 0 aliphatic carbocycles. The molecule has 0 aliphatic rings. The van der Waals surface area contributed by atoms with Crippen LogP contribution >= 0.6 is 24.0 Å². The molecule has 0 saturated heterocycles. The third kappa shape index (κ3) is 9.91. The lowest BCUT2D eigenvalue weighted by atomic mass is 10.2. The summed E-state index contributed by atoms with van der Waals surface area (Å²) in [6.07, 6.45) is -0.315. The van der Waals surface area contributed by atoms with Crippen molar-refractivity contribution in [3.05, 3.63) is 23.8 Å². The number of guanidine groups is 1. The number of benzene rings is 1. The van der Waals surface area contributed by atoms with E-state index < -0.39 is 5.60 Å². The highest BCUT2D eigenvalue weighted by molar-refractivity contribution is 14.0. The Balaban J connectivity index is 0.00000784. The van der Waals surface area contributed by atoms with Crippen molar-refractivity contribution in [3.63, 3.8) is 0 Å². The van der Waals surface area contributed by atoms with Crippen molar-refractivity contribution < 1.29 is 19.0 Å². The Morgan fingerprint density at radius 2 is 1.79 bits per heavy atom. The van der Waals surface area contributed by atoms with Crippen LogP contribution in [0.3, 0.4) is 0 Å². The third-order valence-electron chi connectivity index (χ3n) is 3.84. The molecule has 0 fully saturated rings. The van der Waals surface area contributed by atoms with Gasteiger partial charge in [0.05, 0.1) is 14.2 Å². The fourth-order valence-electron chi connectivity index (χ4n) is 2.41.